The van der Waals surface area contributed by atoms with Crippen molar-refractivity contribution < 1.29 is 9.30 Å². The van der Waals surface area contributed by atoms with Crippen molar-refractivity contribution in [2.75, 3.05) is 7.11 Å². The molecule has 3 atom stereocenters. The molecule has 1 N–H and O–H groups in total. The van der Waals surface area contributed by atoms with E-state index in [0.717, 1.165) is 47.1 Å². The second kappa shape index (κ2) is 11.0. The van der Waals surface area contributed by atoms with Gasteiger partial charge in [0, 0.05) is 16.7 Å². The van der Waals surface area contributed by atoms with Crippen molar-refractivity contribution >= 4 is 23.5 Å². The lowest BCUT2D eigenvalue weighted by Crippen LogP contribution is -2.43. The van der Waals surface area contributed by atoms with Gasteiger partial charge in [-0.05, 0) is 90.5 Å². The van der Waals surface area contributed by atoms with E-state index in [2.05, 4.69) is 30.7 Å². The third-order valence-corrected chi connectivity index (χ3v) is 11.2. The first-order valence-electron chi connectivity index (χ1n) is 13.8. The second-order valence-corrected chi connectivity index (χ2v) is 13.6. The van der Waals surface area contributed by atoms with Gasteiger partial charge in [0.2, 0.25) is 7.29 Å². The number of nitrogens with one attached hydrogen (secondary N) is 1. The molecule has 0 spiro atoms. The SMILES string of the molecule is C=C(CC1([C@@H](NP(=O)(c2ccccc2)c2ccccc2)[C@H]2C[C@@H]2CCCC)CC1)c1ccc(OC)cc1. The smallest absolute Gasteiger partial charge is 0.204 e. The summed E-state index contributed by atoms with van der Waals surface area (Å²) in [4.78, 5) is 0. The lowest BCUT2D eigenvalue weighted by atomic mass is 9.84. The Bertz CT molecular complexity index is 1190. The Labute approximate surface area is 222 Å². The van der Waals surface area contributed by atoms with Crippen molar-refractivity contribution in [3.63, 3.8) is 0 Å². The summed E-state index contributed by atoms with van der Waals surface area (Å²) in [6, 6.07) is 28.5. The molecular weight excluding hydrogens is 473 g/mol. The van der Waals surface area contributed by atoms with Crippen LogP contribution in [0.3, 0.4) is 0 Å². The van der Waals surface area contributed by atoms with Crippen LogP contribution in [0.25, 0.3) is 5.57 Å². The van der Waals surface area contributed by atoms with Crippen LogP contribution < -0.4 is 20.4 Å². The van der Waals surface area contributed by atoms with Crippen molar-refractivity contribution in [1.29, 1.82) is 0 Å². The van der Waals surface area contributed by atoms with E-state index in [9.17, 15) is 0 Å². The van der Waals surface area contributed by atoms with Gasteiger partial charge < -0.3 is 4.74 Å². The third kappa shape index (κ3) is 5.64. The van der Waals surface area contributed by atoms with E-state index in [1.807, 2.05) is 72.8 Å². The predicted octanol–water partition coefficient (Wildman–Crippen LogP) is 7.59. The molecule has 2 aliphatic carbocycles. The minimum atomic E-state index is -3.03. The van der Waals surface area contributed by atoms with Crippen molar-refractivity contribution in [3.8, 4) is 5.75 Å². The largest absolute Gasteiger partial charge is 0.497 e. The fourth-order valence-electron chi connectivity index (χ4n) is 6.05. The molecule has 0 heterocycles. The number of allylic oxidation sites excluding steroid dienone is 1. The maximum Gasteiger partial charge on any atom is 0.204 e. The Morgan fingerprint density at radius 3 is 2.11 bits per heavy atom. The van der Waals surface area contributed by atoms with E-state index in [1.165, 1.54) is 31.2 Å². The van der Waals surface area contributed by atoms with Gasteiger partial charge in [-0.3, -0.25) is 9.65 Å². The van der Waals surface area contributed by atoms with Gasteiger partial charge in [-0.1, -0.05) is 81.3 Å². The highest BCUT2D eigenvalue weighted by atomic mass is 31.2. The van der Waals surface area contributed by atoms with E-state index in [1.54, 1.807) is 7.11 Å². The van der Waals surface area contributed by atoms with Crippen molar-refractivity contribution in [2.24, 2.45) is 17.3 Å². The molecule has 3 nitrogen and oxygen atoms in total. The fourth-order valence-corrected chi connectivity index (χ4v) is 8.68. The molecule has 2 saturated carbocycles. The summed E-state index contributed by atoms with van der Waals surface area (Å²) in [5, 5.41) is 5.68. The first-order chi connectivity index (χ1) is 18.0. The standard InChI is InChI=1S/C33H40NO2P/c1-4-5-12-27-23-31(27)32(33(21-22-33)24-25(2)26-17-19-28(36-3)20-18-26)34-37(35,29-13-8-6-9-14-29)30-15-10-7-11-16-30/h6-11,13-20,27,31-32H,2,4-5,12,21-24H2,1,3H3,(H,34,35)/t27-,31-,32-/m0/s1. The van der Waals surface area contributed by atoms with E-state index in [0.29, 0.717) is 5.92 Å². The summed E-state index contributed by atoms with van der Waals surface area (Å²) >= 11 is 0. The quantitative estimate of drug-likeness (QED) is 0.239. The molecule has 5 rings (SSSR count). The topological polar surface area (TPSA) is 38.3 Å². The number of methoxy groups -OCH3 is 1. The van der Waals surface area contributed by atoms with Crippen molar-refractivity contribution in [3.05, 3.63) is 97.1 Å². The molecular formula is C33H40NO2P. The monoisotopic (exact) mass is 513 g/mol. The van der Waals surface area contributed by atoms with E-state index in [4.69, 9.17) is 4.74 Å². The Morgan fingerprint density at radius 1 is 1.00 bits per heavy atom. The summed E-state index contributed by atoms with van der Waals surface area (Å²) in [6.45, 7) is 6.78. The van der Waals surface area contributed by atoms with Crippen LogP contribution >= 0.6 is 7.29 Å². The first kappa shape index (κ1) is 26.0. The van der Waals surface area contributed by atoms with Gasteiger partial charge in [-0.15, -0.1) is 0 Å². The third-order valence-electron chi connectivity index (χ3n) is 8.51. The van der Waals surface area contributed by atoms with Crippen LogP contribution in [-0.4, -0.2) is 13.2 Å². The van der Waals surface area contributed by atoms with Crippen LogP contribution in [0.2, 0.25) is 0 Å². The van der Waals surface area contributed by atoms with E-state index in [-0.39, 0.29) is 11.5 Å². The first-order valence-corrected chi connectivity index (χ1v) is 15.5. The van der Waals surface area contributed by atoms with Gasteiger partial charge in [0.25, 0.3) is 0 Å². The maximum absolute atomic E-state index is 15.0. The van der Waals surface area contributed by atoms with Crippen molar-refractivity contribution in [1.82, 2.24) is 5.09 Å². The van der Waals surface area contributed by atoms with Gasteiger partial charge in [0.15, 0.2) is 0 Å². The number of rotatable bonds is 13. The normalized spacial score (nSPS) is 20.7. The minimum absolute atomic E-state index is 0.0991. The predicted molar refractivity (Wildman–Crippen MR) is 156 cm³/mol. The molecule has 0 saturated heterocycles. The van der Waals surface area contributed by atoms with Gasteiger partial charge >= 0.3 is 0 Å². The fraction of sp³-hybridized carbons (Fsp3) is 0.394. The number of hydrogen-bond donors (Lipinski definition) is 1. The van der Waals surface area contributed by atoms with Gasteiger partial charge in [-0.2, -0.15) is 0 Å². The Hall–Kier alpha value is -2.61. The summed E-state index contributed by atoms with van der Waals surface area (Å²) < 4.78 is 20.4. The maximum atomic E-state index is 15.0. The van der Waals surface area contributed by atoms with Gasteiger partial charge in [0.1, 0.15) is 5.75 Å². The zero-order chi connectivity index (χ0) is 25.9. The van der Waals surface area contributed by atoms with E-state index >= 15 is 4.57 Å². The van der Waals surface area contributed by atoms with Crippen LogP contribution in [0.5, 0.6) is 5.75 Å². The zero-order valence-electron chi connectivity index (χ0n) is 22.2. The molecule has 0 unspecified atom stereocenters. The Balaban J connectivity index is 1.46. The molecule has 2 fully saturated rings. The average molecular weight is 514 g/mol. The molecule has 37 heavy (non-hydrogen) atoms. The molecule has 194 valence electrons. The second-order valence-electron chi connectivity index (χ2n) is 11.1. The summed E-state index contributed by atoms with van der Waals surface area (Å²) in [6.07, 6.45) is 8.24. The average Bonchev–Trinajstić information content (AvgIpc) is 3.88. The molecule has 0 aliphatic heterocycles. The van der Waals surface area contributed by atoms with Crippen LogP contribution in [0, 0.1) is 17.3 Å². The van der Waals surface area contributed by atoms with Crippen LogP contribution in [0.1, 0.15) is 57.4 Å². The molecule has 3 aromatic rings. The number of benzene rings is 3. The Morgan fingerprint density at radius 2 is 1.59 bits per heavy atom. The number of unbranched alkanes of at least 4 members (excludes halogenated alkanes) is 1. The lowest BCUT2D eigenvalue weighted by Gasteiger charge is -2.34. The molecule has 0 radical (unpaired) electrons. The molecule has 0 bridgehead atoms. The number of ether oxygens (including phenoxy) is 1. The highest BCUT2D eigenvalue weighted by Crippen LogP contribution is 2.63. The summed E-state index contributed by atoms with van der Waals surface area (Å²) in [5.74, 6) is 2.16. The molecule has 4 heteroatoms. The van der Waals surface area contributed by atoms with E-state index < -0.39 is 7.29 Å². The van der Waals surface area contributed by atoms with Crippen LogP contribution in [0.4, 0.5) is 0 Å². The molecule has 0 amide bonds. The number of hydrogen-bond acceptors (Lipinski definition) is 2. The molecule has 0 aromatic heterocycles. The summed E-state index contributed by atoms with van der Waals surface area (Å²) in [5.41, 5.74) is 2.42. The van der Waals surface area contributed by atoms with Gasteiger partial charge in [0.05, 0.1) is 7.11 Å². The van der Waals surface area contributed by atoms with Gasteiger partial charge in [-0.25, -0.2) is 0 Å². The molecule has 2 aliphatic rings. The Kier molecular flexibility index (Phi) is 7.75. The highest BCUT2D eigenvalue weighted by Gasteiger charge is 2.58. The van der Waals surface area contributed by atoms with Crippen molar-refractivity contribution in [2.45, 2.75) is 57.9 Å². The zero-order valence-corrected chi connectivity index (χ0v) is 23.1. The van der Waals surface area contributed by atoms with Crippen LogP contribution in [0.15, 0.2) is 91.5 Å². The lowest BCUT2D eigenvalue weighted by molar-refractivity contribution is 0.327. The molecule has 3 aromatic carbocycles. The summed E-state index contributed by atoms with van der Waals surface area (Å²) in [7, 11) is -1.33. The minimum Gasteiger partial charge on any atom is -0.497 e. The van der Waals surface area contributed by atoms with Crippen LogP contribution in [-0.2, 0) is 4.57 Å². The highest BCUT2D eigenvalue weighted by molar-refractivity contribution is 7.76.